The summed E-state index contributed by atoms with van der Waals surface area (Å²) < 4.78 is 0. The molecule has 13 heavy (non-hydrogen) atoms. The molecule has 1 aliphatic rings. The fourth-order valence-electron chi connectivity index (χ4n) is 2.82. The lowest BCUT2D eigenvalue weighted by atomic mass is 9.67. The van der Waals surface area contributed by atoms with Crippen LogP contribution in [0.2, 0.25) is 0 Å². The fourth-order valence-corrected chi connectivity index (χ4v) is 2.82. The summed E-state index contributed by atoms with van der Waals surface area (Å²) in [5, 5.41) is 18.0. The van der Waals surface area contributed by atoms with Gasteiger partial charge in [-0.1, -0.05) is 19.8 Å². The third kappa shape index (κ3) is 2.96. The lowest BCUT2D eigenvalue weighted by Gasteiger charge is -2.39. The summed E-state index contributed by atoms with van der Waals surface area (Å²) in [6.07, 6.45) is 6.71. The van der Waals surface area contributed by atoms with Gasteiger partial charge in [-0.05, 0) is 37.0 Å². The largest absolute Gasteiger partial charge is 0.396 e. The van der Waals surface area contributed by atoms with Crippen molar-refractivity contribution < 1.29 is 10.2 Å². The lowest BCUT2D eigenvalue weighted by molar-refractivity contribution is 0.0709. The van der Waals surface area contributed by atoms with E-state index in [2.05, 4.69) is 6.92 Å². The highest BCUT2D eigenvalue weighted by atomic mass is 16.3. The van der Waals surface area contributed by atoms with Crippen molar-refractivity contribution in [3.05, 3.63) is 0 Å². The van der Waals surface area contributed by atoms with Gasteiger partial charge in [-0.25, -0.2) is 0 Å². The van der Waals surface area contributed by atoms with Crippen molar-refractivity contribution in [3.8, 4) is 0 Å². The van der Waals surface area contributed by atoms with Crippen LogP contribution >= 0.6 is 0 Å². The molecule has 2 N–H and O–H groups in total. The lowest BCUT2D eigenvalue weighted by Crippen LogP contribution is -2.30. The zero-order chi connectivity index (χ0) is 9.73. The van der Waals surface area contributed by atoms with Crippen LogP contribution < -0.4 is 0 Å². The zero-order valence-corrected chi connectivity index (χ0v) is 8.63. The first kappa shape index (κ1) is 11.0. The molecule has 2 heteroatoms. The van der Waals surface area contributed by atoms with Crippen molar-refractivity contribution in [2.24, 2.45) is 11.3 Å². The van der Waals surface area contributed by atoms with E-state index in [9.17, 15) is 0 Å². The van der Waals surface area contributed by atoms with Gasteiger partial charge in [-0.15, -0.1) is 0 Å². The first-order valence-corrected chi connectivity index (χ1v) is 5.44. The van der Waals surface area contributed by atoms with Crippen LogP contribution in [0.5, 0.6) is 0 Å². The summed E-state index contributed by atoms with van der Waals surface area (Å²) in [4.78, 5) is 0. The SMILES string of the molecule is CC1CCCC(CCO)(CCO)C1. The Hall–Kier alpha value is -0.0800. The Morgan fingerprint density at radius 3 is 2.31 bits per heavy atom. The van der Waals surface area contributed by atoms with Crippen molar-refractivity contribution in [3.63, 3.8) is 0 Å². The molecule has 1 rings (SSSR count). The molecule has 0 amide bonds. The summed E-state index contributed by atoms with van der Waals surface area (Å²) >= 11 is 0. The van der Waals surface area contributed by atoms with Gasteiger partial charge in [0.25, 0.3) is 0 Å². The number of hydrogen-bond acceptors (Lipinski definition) is 2. The Morgan fingerprint density at radius 2 is 1.85 bits per heavy atom. The van der Waals surface area contributed by atoms with Gasteiger partial charge in [-0.2, -0.15) is 0 Å². The Morgan fingerprint density at radius 1 is 1.23 bits per heavy atom. The second-order valence-electron chi connectivity index (χ2n) is 4.65. The maximum Gasteiger partial charge on any atom is 0.0436 e. The second-order valence-corrected chi connectivity index (χ2v) is 4.65. The van der Waals surface area contributed by atoms with Gasteiger partial charge < -0.3 is 10.2 Å². The quantitative estimate of drug-likeness (QED) is 0.704. The number of aliphatic hydroxyl groups excluding tert-OH is 2. The highest BCUT2D eigenvalue weighted by molar-refractivity contribution is 4.84. The fraction of sp³-hybridized carbons (Fsp3) is 1.00. The molecule has 1 saturated carbocycles. The van der Waals surface area contributed by atoms with E-state index >= 15 is 0 Å². The predicted molar refractivity (Wildman–Crippen MR) is 53.5 cm³/mol. The smallest absolute Gasteiger partial charge is 0.0436 e. The van der Waals surface area contributed by atoms with Gasteiger partial charge in [0.1, 0.15) is 0 Å². The first-order chi connectivity index (χ1) is 6.22. The van der Waals surface area contributed by atoms with Gasteiger partial charge in [0.05, 0.1) is 0 Å². The summed E-state index contributed by atoms with van der Waals surface area (Å²) in [6.45, 7) is 2.82. The van der Waals surface area contributed by atoms with Crippen LogP contribution in [0.3, 0.4) is 0 Å². The summed E-state index contributed by atoms with van der Waals surface area (Å²) in [7, 11) is 0. The second kappa shape index (κ2) is 4.97. The molecule has 0 heterocycles. The van der Waals surface area contributed by atoms with Crippen LogP contribution in [0.25, 0.3) is 0 Å². The van der Waals surface area contributed by atoms with Gasteiger partial charge in [0.15, 0.2) is 0 Å². The van der Waals surface area contributed by atoms with E-state index in [1.165, 1.54) is 25.7 Å². The summed E-state index contributed by atoms with van der Waals surface area (Å²) in [5.41, 5.74) is 0.251. The molecule has 1 atom stereocenters. The van der Waals surface area contributed by atoms with Crippen molar-refractivity contribution in [2.45, 2.75) is 45.4 Å². The average molecular weight is 186 g/mol. The van der Waals surface area contributed by atoms with Crippen LogP contribution in [-0.4, -0.2) is 23.4 Å². The molecule has 0 aromatic heterocycles. The minimum atomic E-state index is 0.251. The predicted octanol–water partition coefficient (Wildman–Crippen LogP) is 1.95. The van der Waals surface area contributed by atoms with Crippen LogP contribution in [0.1, 0.15) is 45.4 Å². The third-order valence-electron chi connectivity index (χ3n) is 3.47. The molecule has 0 aromatic carbocycles. The number of hydrogen-bond donors (Lipinski definition) is 2. The molecule has 1 unspecified atom stereocenters. The van der Waals surface area contributed by atoms with Gasteiger partial charge in [-0.3, -0.25) is 0 Å². The van der Waals surface area contributed by atoms with E-state index in [1.807, 2.05) is 0 Å². The van der Waals surface area contributed by atoms with Crippen molar-refractivity contribution in [1.29, 1.82) is 0 Å². The van der Waals surface area contributed by atoms with Crippen molar-refractivity contribution in [1.82, 2.24) is 0 Å². The van der Waals surface area contributed by atoms with Crippen LogP contribution in [0.15, 0.2) is 0 Å². The van der Waals surface area contributed by atoms with E-state index in [0.717, 1.165) is 18.8 Å². The number of rotatable bonds is 4. The topological polar surface area (TPSA) is 40.5 Å². The maximum atomic E-state index is 9.01. The minimum Gasteiger partial charge on any atom is -0.396 e. The third-order valence-corrected chi connectivity index (χ3v) is 3.47. The monoisotopic (exact) mass is 186 g/mol. The van der Waals surface area contributed by atoms with Crippen LogP contribution in [0, 0.1) is 11.3 Å². The Bertz CT molecular complexity index is 134. The molecule has 0 spiro atoms. The standard InChI is InChI=1S/C11H22O2/c1-10-3-2-4-11(9-10,5-7-12)6-8-13/h10,12-13H,2-9H2,1H3. The molecule has 0 bridgehead atoms. The van der Waals surface area contributed by atoms with Crippen LogP contribution in [-0.2, 0) is 0 Å². The van der Waals surface area contributed by atoms with E-state index in [4.69, 9.17) is 10.2 Å². The Kier molecular flexibility index (Phi) is 4.20. The molecule has 0 radical (unpaired) electrons. The normalized spacial score (nSPS) is 27.5. The molecule has 2 nitrogen and oxygen atoms in total. The van der Waals surface area contributed by atoms with E-state index in [0.29, 0.717) is 0 Å². The Labute approximate surface area is 81.0 Å². The minimum absolute atomic E-state index is 0.251. The maximum absolute atomic E-state index is 9.01. The van der Waals surface area contributed by atoms with Crippen molar-refractivity contribution in [2.75, 3.05) is 13.2 Å². The molecule has 1 aliphatic carbocycles. The Balaban J connectivity index is 2.53. The van der Waals surface area contributed by atoms with Crippen molar-refractivity contribution >= 4 is 0 Å². The molecule has 0 aliphatic heterocycles. The summed E-state index contributed by atoms with van der Waals surface area (Å²) in [6, 6.07) is 0. The molecule has 1 fully saturated rings. The molecule has 0 aromatic rings. The average Bonchev–Trinajstić information content (AvgIpc) is 2.04. The number of aliphatic hydroxyl groups is 2. The molecular formula is C11H22O2. The van der Waals surface area contributed by atoms with Crippen LogP contribution in [0.4, 0.5) is 0 Å². The van der Waals surface area contributed by atoms with Gasteiger partial charge in [0.2, 0.25) is 0 Å². The first-order valence-electron chi connectivity index (χ1n) is 5.44. The van der Waals surface area contributed by atoms with Gasteiger partial charge >= 0.3 is 0 Å². The highest BCUT2D eigenvalue weighted by Gasteiger charge is 2.33. The van der Waals surface area contributed by atoms with Gasteiger partial charge in [0, 0.05) is 13.2 Å². The molecule has 0 saturated heterocycles. The molecular weight excluding hydrogens is 164 g/mol. The summed E-state index contributed by atoms with van der Waals surface area (Å²) in [5.74, 6) is 0.770. The van der Waals surface area contributed by atoms with E-state index in [-0.39, 0.29) is 18.6 Å². The highest BCUT2D eigenvalue weighted by Crippen LogP contribution is 2.44. The van der Waals surface area contributed by atoms with E-state index < -0.39 is 0 Å². The zero-order valence-electron chi connectivity index (χ0n) is 8.63. The molecule has 78 valence electrons. The van der Waals surface area contributed by atoms with E-state index in [1.54, 1.807) is 0 Å².